The highest BCUT2D eigenvalue weighted by atomic mass is 16.5. The minimum atomic E-state index is -1.19. The minimum absolute atomic E-state index is 0.0594. The van der Waals surface area contributed by atoms with Crippen LogP contribution in [0.15, 0.2) is 42.6 Å². The summed E-state index contributed by atoms with van der Waals surface area (Å²) in [6.07, 6.45) is 1.37. The van der Waals surface area contributed by atoms with Gasteiger partial charge in [0.15, 0.2) is 18.1 Å². The maximum atomic E-state index is 11.7. The molecule has 0 aliphatic carbocycles. The highest BCUT2D eigenvalue weighted by Gasteiger charge is 2.13. The molecule has 0 bridgehead atoms. The number of hydrogen-bond acceptors (Lipinski definition) is 5. The van der Waals surface area contributed by atoms with E-state index in [0.29, 0.717) is 0 Å². The summed E-state index contributed by atoms with van der Waals surface area (Å²) in [6, 6.07) is 8.98. The van der Waals surface area contributed by atoms with Gasteiger partial charge in [0.05, 0.1) is 0 Å². The molecule has 0 aliphatic rings. The molecule has 0 atom stereocenters. The van der Waals surface area contributed by atoms with Crippen LogP contribution in [0.25, 0.3) is 0 Å². The molecular formula is C14H12N2O5. The number of carboxylic acid groups (broad SMARTS) is 1. The standard InChI is InChI=1S/C14H12N2O5/c17-10-5-1-2-6-11(10)21-8-12(18)16-13-9(14(19)20)4-3-7-15-13/h1-7,17H,8H2,(H,19,20)(H,15,16,18). The Morgan fingerprint density at radius 3 is 2.67 bits per heavy atom. The van der Waals surface area contributed by atoms with Crippen molar-refractivity contribution < 1.29 is 24.5 Å². The van der Waals surface area contributed by atoms with Crippen LogP contribution in [0.1, 0.15) is 10.4 Å². The van der Waals surface area contributed by atoms with Crippen LogP contribution in [-0.2, 0) is 4.79 Å². The number of aromatic hydroxyl groups is 1. The molecule has 0 saturated heterocycles. The summed E-state index contributed by atoms with van der Waals surface area (Å²) in [4.78, 5) is 26.5. The van der Waals surface area contributed by atoms with Gasteiger partial charge in [0.1, 0.15) is 11.4 Å². The highest BCUT2D eigenvalue weighted by Crippen LogP contribution is 2.24. The van der Waals surface area contributed by atoms with Crippen molar-refractivity contribution in [3.8, 4) is 11.5 Å². The largest absolute Gasteiger partial charge is 0.504 e. The molecule has 21 heavy (non-hydrogen) atoms. The van der Waals surface area contributed by atoms with Crippen molar-refractivity contribution in [3.63, 3.8) is 0 Å². The monoisotopic (exact) mass is 288 g/mol. The van der Waals surface area contributed by atoms with Crippen LogP contribution < -0.4 is 10.1 Å². The fourth-order valence-electron chi connectivity index (χ4n) is 1.57. The Morgan fingerprint density at radius 1 is 1.19 bits per heavy atom. The molecule has 1 aromatic heterocycles. The summed E-state index contributed by atoms with van der Waals surface area (Å²) < 4.78 is 5.13. The number of pyridine rings is 1. The van der Waals surface area contributed by atoms with E-state index in [0.717, 1.165) is 0 Å². The smallest absolute Gasteiger partial charge is 0.339 e. The van der Waals surface area contributed by atoms with E-state index in [1.54, 1.807) is 12.1 Å². The molecule has 0 spiro atoms. The van der Waals surface area contributed by atoms with Gasteiger partial charge in [0.2, 0.25) is 0 Å². The number of para-hydroxylation sites is 2. The molecule has 1 amide bonds. The molecule has 2 rings (SSSR count). The lowest BCUT2D eigenvalue weighted by molar-refractivity contribution is -0.118. The van der Waals surface area contributed by atoms with Gasteiger partial charge in [-0.15, -0.1) is 0 Å². The highest BCUT2D eigenvalue weighted by molar-refractivity contribution is 5.99. The normalized spacial score (nSPS) is 9.90. The average Bonchev–Trinajstić information content (AvgIpc) is 2.47. The first-order chi connectivity index (χ1) is 10.1. The van der Waals surface area contributed by atoms with E-state index in [-0.39, 0.29) is 29.5 Å². The molecular weight excluding hydrogens is 276 g/mol. The van der Waals surface area contributed by atoms with Gasteiger partial charge < -0.3 is 20.3 Å². The number of carboxylic acids is 1. The number of hydrogen-bond donors (Lipinski definition) is 3. The topological polar surface area (TPSA) is 109 Å². The van der Waals surface area contributed by atoms with Crippen molar-refractivity contribution in [1.29, 1.82) is 0 Å². The molecule has 1 aromatic carbocycles. The molecule has 1 heterocycles. The Bertz CT molecular complexity index is 672. The lowest BCUT2D eigenvalue weighted by atomic mass is 10.2. The van der Waals surface area contributed by atoms with Crippen molar-refractivity contribution in [3.05, 3.63) is 48.2 Å². The number of nitrogens with one attached hydrogen (secondary N) is 1. The summed E-state index contributed by atoms with van der Waals surface area (Å²) in [6.45, 7) is -0.382. The predicted octanol–water partition coefficient (Wildman–Crippen LogP) is 1.50. The number of benzene rings is 1. The predicted molar refractivity (Wildman–Crippen MR) is 73.4 cm³/mol. The van der Waals surface area contributed by atoms with E-state index in [9.17, 15) is 14.7 Å². The lowest BCUT2D eigenvalue weighted by Crippen LogP contribution is -2.22. The van der Waals surface area contributed by atoms with Crippen LogP contribution in [0.2, 0.25) is 0 Å². The van der Waals surface area contributed by atoms with Crippen molar-refractivity contribution >= 4 is 17.7 Å². The molecule has 0 unspecified atom stereocenters. The number of carbonyl (C=O) groups is 2. The first-order valence-corrected chi connectivity index (χ1v) is 5.97. The van der Waals surface area contributed by atoms with E-state index < -0.39 is 11.9 Å². The number of amides is 1. The number of phenols is 1. The summed E-state index contributed by atoms with van der Waals surface area (Å²) in [5, 5.41) is 20.8. The molecule has 0 fully saturated rings. The summed E-state index contributed by atoms with van der Waals surface area (Å²) >= 11 is 0. The summed E-state index contributed by atoms with van der Waals surface area (Å²) in [5.41, 5.74) is -0.117. The quantitative estimate of drug-likeness (QED) is 0.769. The number of nitrogens with zero attached hydrogens (tertiary/aromatic N) is 1. The Labute approximate surface area is 119 Å². The van der Waals surface area contributed by atoms with Crippen LogP contribution in [-0.4, -0.2) is 33.7 Å². The number of carbonyl (C=O) groups excluding carboxylic acids is 1. The van der Waals surface area contributed by atoms with Gasteiger partial charge >= 0.3 is 5.97 Å². The first-order valence-electron chi connectivity index (χ1n) is 5.97. The Balaban J connectivity index is 2.00. The summed E-state index contributed by atoms with van der Waals surface area (Å²) in [5.74, 6) is -1.77. The third kappa shape index (κ3) is 3.69. The average molecular weight is 288 g/mol. The van der Waals surface area contributed by atoms with Gasteiger partial charge in [-0.2, -0.15) is 0 Å². The zero-order valence-corrected chi connectivity index (χ0v) is 10.8. The molecule has 0 aliphatic heterocycles. The van der Waals surface area contributed by atoms with Gasteiger partial charge in [-0.05, 0) is 24.3 Å². The van der Waals surface area contributed by atoms with E-state index in [1.165, 1.54) is 30.5 Å². The second kappa shape index (κ2) is 6.38. The van der Waals surface area contributed by atoms with E-state index in [1.807, 2.05) is 0 Å². The number of aromatic nitrogens is 1. The van der Waals surface area contributed by atoms with Crippen molar-refractivity contribution in [2.75, 3.05) is 11.9 Å². The third-order valence-electron chi connectivity index (χ3n) is 2.52. The molecule has 0 saturated carbocycles. The van der Waals surface area contributed by atoms with Gasteiger partial charge in [-0.25, -0.2) is 9.78 Å². The molecule has 108 valence electrons. The number of anilines is 1. The SMILES string of the molecule is O=C(COc1ccccc1O)Nc1ncccc1C(=O)O. The van der Waals surface area contributed by atoms with E-state index in [2.05, 4.69) is 10.3 Å². The maximum absolute atomic E-state index is 11.7. The van der Waals surface area contributed by atoms with Crippen molar-refractivity contribution in [2.24, 2.45) is 0 Å². The van der Waals surface area contributed by atoms with Gasteiger partial charge in [0.25, 0.3) is 5.91 Å². The second-order valence-corrected chi connectivity index (χ2v) is 4.01. The molecule has 0 radical (unpaired) electrons. The fourth-order valence-corrected chi connectivity index (χ4v) is 1.57. The van der Waals surface area contributed by atoms with Crippen LogP contribution >= 0.6 is 0 Å². The zero-order chi connectivity index (χ0) is 15.2. The minimum Gasteiger partial charge on any atom is -0.504 e. The molecule has 3 N–H and O–H groups in total. The maximum Gasteiger partial charge on any atom is 0.339 e. The summed E-state index contributed by atoms with van der Waals surface area (Å²) in [7, 11) is 0. The number of aromatic carboxylic acids is 1. The molecule has 2 aromatic rings. The molecule has 7 nitrogen and oxygen atoms in total. The number of ether oxygens (including phenoxy) is 1. The third-order valence-corrected chi connectivity index (χ3v) is 2.52. The van der Waals surface area contributed by atoms with Crippen LogP contribution in [0.5, 0.6) is 11.5 Å². The van der Waals surface area contributed by atoms with Crippen LogP contribution in [0, 0.1) is 0 Å². The second-order valence-electron chi connectivity index (χ2n) is 4.01. The Kier molecular flexibility index (Phi) is 4.35. The van der Waals surface area contributed by atoms with Gasteiger partial charge in [-0.3, -0.25) is 4.79 Å². The molecule has 7 heteroatoms. The van der Waals surface area contributed by atoms with Crippen molar-refractivity contribution in [2.45, 2.75) is 0 Å². The van der Waals surface area contributed by atoms with Gasteiger partial charge in [-0.1, -0.05) is 12.1 Å². The van der Waals surface area contributed by atoms with E-state index >= 15 is 0 Å². The van der Waals surface area contributed by atoms with E-state index in [4.69, 9.17) is 9.84 Å². The number of phenolic OH excluding ortho intramolecular Hbond substituents is 1. The fraction of sp³-hybridized carbons (Fsp3) is 0.0714. The van der Waals surface area contributed by atoms with Crippen LogP contribution in [0.3, 0.4) is 0 Å². The lowest BCUT2D eigenvalue weighted by Gasteiger charge is -2.09. The number of rotatable bonds is 5. The van der Waals surface area contributed by atoms with Crippen LogP contribution in [0.4, 0.5) is 5.82 Å². The van der Waals surface area contributed by atoms with Crippen molar-refractivity contribution in [1.82, 2.24) is 4.98 Å². The zero-order valence-electron chi connectivity index (χ0n) is 10.8. The first kappa shape index (κ1) is 14.3. The Hall–Kier alpha value is -3.09. The van der Waals surface area contributed by atoms with Gasteiger partial charge in [0, 0.05) is 6.20 Å². The Morgan fingerprint density at radius 2 is 1.95 bits per heavy atom.